The Bertz CT molecular complexity index is 744. The molecule has 0 aliphatic heterocycles. The van der Waals surface area contributed by atoms with E-state index in [-0.39, 0.29) is 11.3 Å². The molecule has 0 saturated carbocycles. The normalized spacial score (nSPS) is 10.2. The van der Waals surface area contributed by atoms with Crippen molar-refractivity contribution in [3.63, 3.8) is 0 Å². The number of anilines is 1. The second-order valence-electron chi connectivity index (χ2n) is 4.80. The van der Waals surface area contributed by atoms with Gasteiger partial charge in [-0.1, -0.05) is 6.07 Å². The number of nitrogens with one attached hydrogen (secondary N) is 2. The standard InChI is InChI=1S/C15H16N4O3/c1-8-9(2)17-13(10(3)16-8)15(21)18-12-6-4-5-11(7-12)14(20)19-22/h4-7,22H,1-3H3,(H,18,21)(H,19,20). The Hall–Kier alpha value is -2.80. The molecule has 1 aromatic heterocycles. The highest BCUT2D eigenvalue weighted by atomic mass is 16.5. The monoisotopic (exact) mass is 300 g/mol. The predicted octanol–water partition coefficient (Wildman–Crippen LogP) is 1.77. The number of aryl methyl sites for hydroxylation is 3. The van der Waals surface area contributed by atoms with E-state index in [2.05, 4.69) is 15.3 Å². The zero-order valence-electron chi connectivity index (χ0n) is 12.5. The van der Waals surface area contributed by atoms with Crippen molar-refractivity contribution >= 4 is 17.5 Å². The summed E-state index contributed by atoms with van der Waals surface area (Å²) >= 11 is 0. The fraction of sp³-hybridized carbons (Fsp3) is 0.200. The lowest BCUT2D eigenvalue weighted by Gasteiger charge is -2.09. The van der Waals surface area contributed by atoms with Crippen molar-refractivity contribution < 1.29 is 14.8 Å². The molecule has 7 heteroatoms. The Labute approximate surface area is 127 Å². The predicted molar refractivity (Wildman–Crippen MR) is 79.9 cm³/mol. The van der Waals surface area contributed by atoms with E-state index < -0.39 is 11.8 Å². The van der Waals surface area contributed by atoms with Crippen molar-refractivity contribution in [2.24, 2.45) is 0 Å². The molecule has 3 N–H and O–H groups in total. The maximum absolute atomic E-state index is 12.3. The average molecular weight is 300 g/mol. The van der Waals surface area contributed by atoms with Crippen LogP contribution in [0.2, 0.25) is 0 Å². The van der Waals surface area contributed by atoms with Gasteiger partial charge in [-0.05, 0) is 39.0 Å². The molecule has 0 saturated heterocycles. The van der Waals surface area contributed by atoms with Gasteiger partial charge in [0.25, 0.3) is 11.8 Å². The maximum Gasteiger partial charge on any atom is 0.276 e. The summed E-state index contributed by atoms with van der Waals surface area (Å²) in [6.45, 7) is 5.32. The second kappa shape index (κ2) is 6.31. The highest BCUT2D eigenvalue weighted by Crippen LogP contribution is 2.13. The third kappa shape index (κ3) is 3.26. The Morgan fingerprint density at radius 3 is 2.36 bits per heavy atom. The van der Waals surface area contributed by atoms with E-state index in [0.29, 0.717) is 17.1 Å². The molecule has 0 radical (unpaired) electrons. The lowest BCUT2D eigenvalue weighted by Crippen LogP contribution is -2.20. The molecule has 7 nitrogen and oxygen atoms in total. The molecule has 0 atom stereocenters. The lowest BCUT2D eigenvalue weighted by atomic mass is 10.2. The minimum atomic E-state index is -0.654. The Balaban J connectivity index is 2.26. The summed E-state index contributed by atoms with van der Waals surface area (Å²) in [5.74, 6) is -1.06. The first-order chi connectivity index (χ1) is 10.4. The third-order valence-electron chi connectivity index (χ3n) is 3.18. The number of nitrogens with zero attached hydrogens (tertiary/aromatic N) is 2. The Morgan fingerprint density at radius 2 is 1.68 bits per heavy atom. The van der Waals surface area contributed by atoms with Crippen LogP contribution < -0.4 is 10.8 Å². The number of aromatic nitrogens is 2. The minimum Gasteiger partial charge on any atom is -0.321 e. The van der Waals surface area contributed by atoms with Crippen molar-refractivity contribution in [3.8, 4) is 0 Å². The largest absolute Gasteiger partial charge is 0.321 e. The maximum atomic E-state index is 12.3. The summed E-state index contributed by atoms with van der Waals surface area (Å²) in [7, 11) is 0. The van der Waals surface area contributed by atoms with Gasteiger partial charge in [0, 0.05) is 11.3 Å². The fourth-order valence-corrected chi connectivity index (χ4v) is 1.92. The van der Waals surface area contributed by atoms with Crippen LogP contribution in [0, 0.1) is 20.8 Å². The molecule has 0 aliphatic carbocycles. The summed E-state index contributed by atoms with van der Waals surface area (Å²) in [4.78, 5) is 32.2. The highest BCUT2D eigenvalue weighted by molar-refractivity contribution is 6.04. The number of benzene rings is 1. The smallest absolute Gasteiger partial charge is 0.276 e. The van der Waals surface area contributed by atoms with Crippen molar-refractivity contribution in [1.29, 1.82) is 0 Å². The molecule has 2 amide bonds. The molecule has 114 valence electrons. The molecule has 1 aromatic carbocycles. The van der Waals surface area contributed by atoms with Gasteiger partial charge in [-0.2, -0.15) is 0 Å². The summed E-state index contributed by atoms with van der Waals surface area (Å²) in [6.07, 6.45) is 0. The molecule has 0 spiro atoms. The Kier molecular flexibility index (Phi) is 4.47. The van der Waals surface area contributed by atoms with Crippen molar-refractivity contribution in [1.82, 2.24) is 15.4 Å². The Morgan fingerprint density at radius 1 is 1.00 bits per heavy atom. The molecule has 0 fully saturated rings. The van der Waals surface area contributed by atoms with E-state index in [0.717, 1.165) is 5.69 Å². The van der Waals surface area contributed by atoms with Crippen LogP contribution in [0.3, 0.4) is 0 Å². The van der Waals surface area contributed by atoms with Crippen LogP contribution in [0.25, 0.3) is 0 Å². The van der Waals surface area contributed by atoms with Crippen LogP contribution in [0.1, 0.15) is 37.9 Å². The van der Waals surface area contributed by atoms with Crippen molar-refractivity contribution in [2.75, 3.05) is 5.32 Å². The number of hydrogen-bond donors (Lipinski definition) is 3. The second-order valence-corrected chi connectivity index (χ2v) is 4.80. The molecular formula is C15H16N4O3. The number of rotatable bonds is 3. The number of amides is 2. The first kappa shape index (κ1) is 15.6. The fourth-order valence-electron chi connectivity index (χ4n) is 1.92. The van der Waals surface area contributed by atoms with Gasteiger partial charge in [-0.3, -0.25) is 19.8 Å². The van der Waals surface area contributed by atoms with Crippen LogP contribution in [0.5, 0.6) is 0 Å². The van der Waals surface area contributed by atoms with Crippen molar-refractivity contribution in [3.05, 3.63) is 52.6 Å². The molecule has 0 bridgehead atoms. The van der Waals surface area contributed by atoms with Gasteiger partial charge in [0.2, 0.25) is 0 Å². The van der Waals surface area contributed by atoms with Gasteiger partial charge in [-0.25, -0.2) is 10.5 Å². The van der Waals surface area contributed by atoms with E-state index in [9.17, 15) is 9.59 Å². The third-order valence-corrected chi connectivity index (χ3v) is 3.18. The molecule has 22 heavy (non-hydrogen) atoms. The van der Waals surface area contributed by atoms with Crippen LogP contribution >= 0.6 is 0 Å². The van der Waals surface area contributed by atoms with Crippen LogP contribution in [-0.4, -0.2) is 27.0 Å². The van der Waals surface area contributed by atoms with Gasteiger partial charge in [-0.15, -0.1) is 0 Å². The first-order valence-electron chi connectivity index (χ1n) is 6.60. The van der Waals surface area contributed by atoms with Crippen LogP contribution in [-0.2, 0) is 0 Å². The summed E-state index contributed by atoms with van der Waals surface area (Å²) < 4.78 is 0. The highest BCUT2D eigenvalue weighted by Gasteiger charge is 2.14. The van der Waals surface area contributed by atoms with E-state index in [1.807, 2.05) is 6.92 Å². The molecule has 1 heterocycles. The van der Waals surface area contributed by atoms with Gasteiger partial charge >= 0.3 is 0 Å². The van der Waals surface area contributed by atoms with E-state index >= 15 is 0 Å². The first-order valence-corrected chi connectivity index (χ1v) is 6.60. The van der Waals surface area contributed by atoms with Gasteiger partial charge in [0.1, 0.15) is 5.69 Å². The van der Waals surface area contributed by atoms with Crippen molar-refractivity contribution in [2.45, 2.75) is 20.8 Å². The summed E-state index contributed by atoms with van der Waals surface area (Å²) in [5.41, 5.74) is 4.42. The number of hydrogen-bond acceptors (Lipinski definition) is 5. The average Bonchev–Trinajstić information content (AvgIpc) is 2.50. The lowest BCUT2D eigenvalue weighted by molar-refractivity contribution is 0.0706. The zero-order chi connectivity index (χ0) is 16.3. The summed E-state index contributed by atoms with van der Waals surface area (Å²) in [5, 5.41) is 11.3. The minimum absolute atomic E-state index is 0.225. The van der Waals surface area contributed by atoms with Gasteiger partial charge < -0.3 is 5.32 Å². The molecule has 0 aliphatic rings. The van der Waals surface area contributed by atoms with Gasteiger partial charge in [0.15, 0.2) is 0 Å². The zero-order valence-corrected chi connectivity index (χ0v) is 12.5. The van der Waals surface area contributed by atoms with Crippen LogP contribution in [0.4, 0.5) is 5.69 Å². The number of carbonyl (C=O) groups excluding carboxylic acids is 2. The number of carbonyl (C=O) groups is 2. The van der Waals surface area contributed by atoms with E-state index in [1.165, 1.54) is 12.1 Å². The van der Waals surface area contributed by atoms with Crippen LogP contribution in [0.15, 0.2) is 24.3 Å². The quantitative estimate of drug-likeness (QED) is 0.592. The van der Waals surface area contributed by atoms with E-state index in [4.69, 9.17) is 5.21 Å². The molecule has 2 rings (SSSR count). The number of hydroxylamine groups is 1. The van der Waals surface area contributed by atoms with E-state index in [1.54, 1.807) is 31.5 Å². The van der Waals surface area contributed by atoms with Gasteiger partial charge in [0.05, 0.1) is 17.1 Å². The molecule has 0 unspecified atom stereocenters. The molecular weight excluding hydrogens is 284 g/mol. The molecule has 2 aromatic rings. The SMILES string of the molecule is Cc1nc(C)c(C(=O)Nc2cccc(C(=O)NO)c2)nc1C. The summed E-state index contributed by atoms with van der Waals surface area (Å²) in [6, 6.07) is 6.20. The topological polar surface area (TPSA) is 104 Å².